The van der Waals surface area contributed by atoms with Crippen LogP contribution < -0.4 is 5.32 Å². The second-order valence-corrected chi connectivity index (χ2v) is 7.11. The van der Waals surface area contributed by atoms with Crippen LogP contribution in [0.25, 0.3) is 0 Å². The summed E-state index contributed by atoms with van der Waals surface area (Å²) in [5.74, 6) is 0.753. The van der Waals surface area contributed by atoms with Crippen LogP contribution in [0.4, 0.5) is 0 Å². The molecule has 2 unspecified atom stereocenters. The van der Waals surface area contributed by atoms with E-state index in [0.29, 0.717) is 24.5 Å². The number of likely N-dealkylation sites (tertiary alicyclic amines) is 1. The first-order valence-corrected chi connectivity index (χ1v) is 8.72. The van der Waals surface area contributed by atoms with E-state index in [2.05, 4.69) is 41.4 Å². The lowest BCUT2D eigenvalue weighted by atomic mass is 9.78. The van der Waals surface area contributed by atoms with E-state index in [0.717, 1.165) is 38.9 Å². The van der Waals surface area contributed by atoms with E-state index in [4.69, 9.17) is 4.74 Å². The SMILES string of the molecule is COCC1(C(=O)N2CC(c3ccccc3)CC2C)CCNCC1. The lowest BCUT2D eigenvalue weighted by Gasteiger charge is -2.39. The van der Waals surface area contributed by atoms with Crippen molar-refractivity contribution in [1.82, 2.24) is 10.2 Å². The summed E-state index contributed by atoms with van der Waals surface area (Å²) in [5, 5.41) is 3.36. The van der Waals surface area contributed by atoms with Gasteiger partial charge in [-0.05, 0) is 44.8 Å². The van der Waals surface area contributed by atoms with Crippen molar-refractivity contribution in [3.05, 3.63) is 35.9 Å². The Labute approximate surface area is 139 Å². The minimum atomic E-state index is -0.333. The highest BCUT2D eigenvalue weighted by Crippen LogP contribution is 2.38. The Kier molecular flexibility index (Phi) is 5.02. The van der Waals surface area contributed by atoms with Crippen LogP contribution in [0.2, 0.25) is 0 Å². The zero-order valence-electron chi connectivity index (χ0n) is 14.3. The molecule has 2 saturated heterocycles. The Hall–Kier alpha value is -1.39. The molecule has 0 bridgehead atoms. The van der Waals surface area contributed by atoms with Crippen molar-refractivity contribution in [3.63, 3.8) is 0 Å². The van der Waals surface area contributed by atoms with E-state index in [9.17, 15) is 4.79 Å². The third-order valence-corrected chi connectivity index (χ3v) is 5.54. The molecular formula is C19H28N2O2. The molecule has 2 aliphatic heterocycles. The van der Waals surface area contributed by atoms with E-state index in [1.165, 1.54) is 5.56 Å². The van der Waals surface area contributed by atoms with Crippen LogP contribution in [-0.2, 0) is 9.53 Å². The van der Waals surface area contributed by atoms with Crippen molar-refractivity contribution in [1.29, 1.82) is 0 Å². The molecule has 1 N–H and O–H groups in total. The Morgan fingerprint density at radius 3 is 2.65 bits per heavy atom. The fourth-order valence-electron chi connectivity index (χ4n) is 4.19. The number of carbonyl (C=O) groups excluding carboxylic acids is 1. The fourth-order valence-corrected chi connectivity index (χ4v) is 4.19. The summed E-state index contributed by atoms with van der Waals surface area (Å²) in [6.07, 6.45) is 2.80. The second kappa shape index (κ2) is 7.02. The number of hydrogen-bond acceptors (Lipinski definition) is 3. The average Bonchev–Trinajstić information content (AvgIpc) is 2.98. The van der Waals surface area contributed by atoms with Crippen LogP contribution in [-0.4, -0.2) is 50.2 Å². The molecule has 0 spiro atoms. The molecule has 126 valence electrons. The quantitative estimate of drug-likeness (QED) is 0.927. The number of amides is 1. The normalized spacial score (nSPS) is 27.1. The lowest BCUT2D eigenvalue weighted by molar-refractivity contribution is -0.148. The van der Waals surface area contributed by atoms with Gasteiger partial charge >= 0.3 is 0 Å². The Bertz CT molecular complexity index is 520. The molecule has 1 aromatic carbocycles. The summed E-state index contributed by atoms with van der Waals surface area (Å²) >= 11 is 0. The molecule has 23 heavy (non-hydrogen) atoms. The molecule has 2 aliphatic rings. The van der Waals surface area contributed by atoms with E-state index in [-0.39, 0.29) is 5.41 Å². The predicted octanol–water partition coefficient (Wildman–Crippen LogP) is 2.41. The molecule has 0 radical (unpaired) electrons. The van der Waals surface area contributed by atoms with Crippen molar-refractivity contribution < 1.29 is 9.53 Å². The molecule has 3 rings (SSSR count). The highest BCUT2D eigenvalue weighted by atomic mass is 16.5. The Balaban J connectivity index is 1.76. The fraction of sp³-hybridized carbons (Fsp3) is 0.632. The third-order valence-electron chi connectivity index (χ3n) is 5.54. The topological polar surface area (TPSA) is 41.6 Å². The second-order valence-electron chi connectivity index (χ2n) is 7.11. The van der Waals surface area contributed by atoms with Crippen LogP contribution >= 0.6 is 0 Å². The monoisotopic (exact) mass is 316 g/mol. The first-order chi connectivity index (χ1) is 11.2. The molecule has 4 nitrogen and oxygen atoms in total. The van der Waals surface area contributed by atoms with Crippen molar-refractivity contribution in [3.8, 4) is 0 Å². The summed E-state index contributed by atoms with van der Waals surface area (Å²) < 4.78 is 5.44. The van der Waals surface area contributed by atoms with Gasteiger partial charge in [-0.2, -0.15) is 0 Å². The summed E-state index contributed by atoms with van der Waals surface area (Å²) in [4.78, 5) is 15.4. The molecular weight excluding hydrogens is 288 g/mol. The number of piperidine rings is 1. The number of rotatable bonds is 4. The van der Waals surface area contributed by atoms with Crippen LogP contribution in [0.5, 0.6) is 0 Å². The molecule has 2 heterocycles. The van der Waals surface area contributed by atoms with Crippen LogP contribution in [0.15, 0.2) is 30.3 Å². The summed E-state index contributed by atoms with van der Waals surface area (Å²) in [6, 6.07) is 10.9. The average molecular weight is 316 g/mol. The largest absolute Gasteiger partial charge is 0.384 e. The molecule has 0 aromatic heterocycles. The van der Waals surface area contributed by atoms with Gasteiger partial charge in [-0.25, -0.2) is 0 Å². The molecule has 0 saturated carbocycles. The van der Waals surface area contributed by atoms with Crippen LogP contribution in [0.3, 0.4) is 0 Å². The molecule has 2 fully saturated rings. The predicted molar refractivity (Wildman–Crippen MR) is 91.4 cm³/mol. The minimum absolute atomic E-state index is 0.298. The number of hydrogen-bond donors (Lipinski definition) is 1. The van der Waals surface area contributed by atoms with Crippen molar-refractivity contribution in [2.45, 2.75) is 38.1 Å². The first-order valence-electron chi connectivity index (χ1n) is 8.72. The number of benzene rings is 1. The van der Waals surface area contributed by atoms with E-state index < -0.39 is 0 Å². The number of nitrogens with one attached hydrogen (secondary N) is 1. The van der Waals surface area contributed by atoms with E-state index >= 15 is 0 Å². The minimum Gasteiger partial charge on any atom is -0.384 e. The first kappa shape index (κ1) is 16.5. The maximum absolute atomic E-state index is 13.3. The number of methoxy groups -OCH3 is 1. The standard InChI is InChI=1S/C19H28N2O2/c1-15-12-17(16-6-4-3-5-7-16)13-21(15)18(22)19(14-23-2)8-10-20-11-9-19/h3-7,15,17,20H,8-14H2,1-2H3. The van der Waals surface area contributed by atoms with Crippen molar-refractivity contribution >= 4 is 5.91 Å². The smallest absolute Gasteiger partial charge is 0.231 e. The van der Waals surface area contributed by atoms with Gasteiger partial charge in [-0.3, -0.25) is 4.79 Å². The molecule has 0 aliphatic carbocycles. The van der Waals surface area contributed by atoms with Gasteiger partial charge < -0.3 is 15.0 Å². The number of carbonyl (C=O) groups is 1. The van der Waals surface area contributed by atoms with Gasteiger partial charge in [0.05, 0.1) is 12.0 Å². The lowest BCUT2D eigenvalue weighted by Crippen LogP contribution is -2.52. The van der Waals surface area contributed by atoms with Crippen LogP contribution in [0.1, 0.15) is 37.7 Å². The number of ether oxygens (including phenoxy) is 1. The summed E-state index contributed by atoms with van der Waals surface area (Å²) in [7, 11) is 1.71. The molecule has 1 aromatic rings. The number of nitrogens with zero attached hydrogens (tertiary/aromatic N) is 1. The van der Waals surface area contributed by atoms with Gasteiger partial charge in [0.25, 0.3) is 0 Å². The van der Waals surface area contributed by atoms with Gasteiger partial charge in [-0.1, -0.05) is 30.3 Å². The van der Waals surface area contributed by atoms with Gasteiger partial charge in [0, 0.05) is 25.6 Å². The third kappa shape index (κ3) is 3.29. The van der Waals surface area contributed by atoms with Crippen molar-refractivity contribution in [2.24, 2.45) is 5.41 Å². The maximum atomic E-state index is 13.3. The van der Waals surface area contributed by atoms with Crippen LogP contribution in [0, 0.1) is 5.41 Å². The van der Waals surface area contributed by atoms with Gasteiger partial charge in [0.1, 0.15) is 0 Å². The Morgan fingerprint density at radius 2 is 2.00 bits per heavy atom. The molecule has 2 atom stereocenters. The zero-order chi connectivity index (χ0) is 16.3. The summed E-state index contributed by atoms with van der Waals surface area (Å²) in [5.41, 5.74) is 1.01. The van der Waals surface area contributed by atoms with Gasteiger partial charge in [0.2, 0.25) is 5.91 Å². The zero-order valence-corrected chi connectivity index (χ0v) is 14.3. The molecule has 1 amide bonds. The van der Waals surface area contributed by atoms with Gasteiger partial charge in [-0.15, -0.1) is 0 Å². The highest BCUT2D eigenvalue weighted by Gasteiger charge is 2.45. The highest BCUT2D eigenvalue weighted by molar-refractivity contribution is 5.83. The Morgan fingerprint density at radius 1 is 1.30 bits per heavy atom. The summed E-state index contributed by atoms with van der Waals surface area (Å²) in [6.45, 7) is 5.36. The maximum Gasteiger partial charge on any atom is 0.231 e. The van der Waals surface area contributed by atoms with Crippen molar-refractivity contribution in [2.75, 3.05) is 33.4 Å². The van der Waals surface area contributed by atoms with E-state index in [1.807, 2.05) is 6.07 Å². The molecule has 4 heteroatoms. The van der Waals surface area contributed by atoms with Gasteiger partial charge in [0.15, 0.2) is 0 Å². The van der Waals surface area contributed by atoms with E-state index in [1.54, 1.807) is 7.11 Å².